The van der Waals surface area contributed by atoms with Crippen LogP contribution in [0.25, 0.3) is 10.9 Å². The van der Waals surface area contributed by atoms with E-state index in [1.807, 2.05) is 18.2 Å². The number of anilines is 2. The molecule has 3 N–H and O–H groups in total. The number of nitrogens with zero attached hydrogens (tertiary/aromatic N) is 2. The van der Waals surface area contributed by atoms with Crippen LogP contribution in [0.1, 0.15) is 5.56 Å². The second-order valence-corrected chi connectivity index (χ2v) is 4.77. The van der Waals surface area contributed by atoms with E-state index in [2.05, 4.69) is 15.3 Å². The lowest BCUT2D eigenvalue weighted by atomic mass is 10.1. The maximum atomic E-state index is 13.5. The lowest BCUT2D eigenvalue weighted by Gasteiger charge is -2.09. The van der Waals surface area contributed by atoms with E-state index in [1.54, 1.807) is 18.2 Å². The van der Waals surface area contributed by atoms with Crippen LogP contribution < -0.4 is 11.1 Å². The molecular weight excluding hydrogens is 267 g/mol. The predicted octanol–water partition coefficient (Wildman–Crippen LogP) is 3.01. The second kappa shape index (κ2) is 5.75. The molecule has 0 radical (unpaired) electrons. The highest BCUT2D eigenvalue weighted by molar-refractivity contribution is 5.90. The van der Waals surface area contributed by atoms with Gasteiger partial charge in [0.05, 0.1) is 5.52 Å². The average molecular weight is 282 g/mol. The third-order valence-corrected chi connectivity index (χ3v) is 3.31. The van der Waals surface area contributed by atoms with Gasteiger partial charge in [-0.1, -0.05) is 18.2 Å². The molecule has 1 heterocycles. The SMILES string of the molecule is Nc1ccc2c(NCCc3ccccc3F)ncnc2c1. The molecule has 4 nitrogen and oxygen atoms in total. The van der Waals surface area contributed by atoms with E-state index < -0.39 is 0 Å². The predicted molar refractivity (Wildman–Crippen MR) is 82.5 cm³/mol. The molecule has 0 aliphatic heterocycles. The molecule has 0 spiro atoms. The minimum atomic E-state index is -0.181. The number of aromatic nitrogens is 2. The van der Waals surface area contributed by atoms with E-state index in [4.69, 9.17) is 5.73 Å². The molecule has 0 aliphatic rings. The minimum absolute atomic E-state index is 0.181. The maximum Gasteiger partial charge on any atom is 0.137 e. The first-order valence-corrected chi connectivity index (χ1v) is 6.71. The Morgan fingerprint density at radius 1 is 1.10 bits per heavy atom. The van der Waals surface area contributed by atoms with Crippen molar-refractivity contribution in [1.29, 1.82) is 0 Å². The zero-order valence-electron chi connectivity index (χ0n) is 11.4. The Balaban J connectivity index is 1.75. The first kappa shape index (κ1) is 13.3. The smallest absolute Gasteiger partial charge is 0.137 e. The van der Waals surface area contributed by atoms with Crippen molar-refractivity contribution in [2.24, 2.45) is 0 Å². The normalized spacial score (nSPS) is 10.7. The molecule has 3 rings (SSSR count). The van der Waals surface area contributed by atoms with Crippen molar-refractivity contribution in [3.05, 3.63) is 60.2 Å². The molecule has 0 atom stereocenters. The number of hydrogen-bond acceptors (Lipinski definition) is 4. The number of hydrogen-bond donors (Lipinski definition) is 2. The summed E-state index contributed by atoms with van der Waals surface area (Å²) in [5.41, 5.74) is 7.89. The van der Waals surface area contributed by atoms with Gasteiger partial charge in [0, 0.05) is 17.6 Å². The summed E-state index contributed by atoms with van der Waals surface area (Å²) < 4.78 is 13.5. The van der Waals surface area contributed by atoms with Gasteiger partial charge in [0.2, 0.25) is 0 Å². The molecule has 0 saturated carbocycles. The quantitative estimate of drug-likeness (QED) is 0.722. The summed E-state index contributed by atoms with van der Waals surface area (Å²) in [6, 6.07) is 12.3. The molecule has 0 fully saturated rings. The summed E-state index contributed by atoms with van der Waals surface area (Å²) in [6.45, 7) is 0.595. The zero-order chi connectivity index (χ0) is 14.7. The summed E-state index contributed by atoms with van der Waals surface area (Å²) in [4.78, 5) is 8.43. The fraction of sp³-hybridized carbons (Fsp3) is 0.125. The molecule has 21 heavy (non-hydrogen) atoms. The van der Waals surface area contributed by atoms with Crippen LogP contribution in [0.5, 0.6) is 0 Å². The van der Waals surface area contributed by atoms with E-state index in [0.717, 1.165) is 16.7 Å². The van der Waals surface area contributed by atoms with Crippen LogP contribution >= 0.6 is 0 Å². The molecular formula is C16H15FN4. The summed E-state index contributed by atoms with van der Waals surface area (Å²) in [5.74, 6) is 0.552. The van der Waals surface area contributed by atoms with Crippen molar-refractivity contribution < 1.29 is 4.39 Å². The molecule has 0 aliphatic carbocycles. The lowest BCUT2D eigenvalue weighted by Crippen LogP contribution is -2.08. The van der Waals surface area contributed by atoms with Crippen molar-refractivity contribution >= 4 is 22.4 Å². The molecule has 3 aromatic rings. The van der Waals surface area contributed by atoms with Gasteiger partial charge in [0.25, 0.3) is 0 Å². The van der Waals surface area contributed by atoms with Gasteiger partial charge >= 0.3 is 0 Å². The Morgan fingerprint density at radius 2 is 1.95 bits per heavy atom. The number of nitrogen functional groups attached to an aromatic ring is 1. The first-order valence-electron chi connectivity index (χ1n) is 6.71. The van der Waals surface area contributed by atoms with Crippen molar-refractivity contribution in [1.82, 2.24) is 9.97 Å². The summed E-state index contributed by atoms with van der Waals surface area (Å²) >= 11 is 0. The molecule has 0 saturated heterocycles. The van der Waals surface area contributed by atoms with Crippen LogP contribution in [0.3, 0.4) is 0 Å². The van der Waals surface area contributed by atoms with Crippen LogP contribution in [0.4, 0.5) is 15.9 Å². The molecule has 106 valence electrons. The summed E-state index contributed by atoms with van der Waals surface area (Å²) in [7, 11) is 0. The molecule has 0 amide bonds. The van der Waals surface area contributed by atoms with E-state index >= 15 is 0 Å². The average Bonchev–Trinajstić information content (AvgIpc) is 2.49. The van der Waals surface area contributed by atoms with E-state index in [9.17, 15) is 4.39 Å². The fourth-order valence-corrected chi connectivity index (χ4v) is 2.23. The lowest BCUT2D eigenvalue weighted by molar-refractivity contribution is 0.610. The Bertz CT molecular complexity index is 773. The number of nitrogens with one attached hydrogen (secondary N) is 1. The fourth-order valence-electron chi connectivity index (χ4n) is 2.23. The van der Waals surface area contributed by atoms with Gasteiger partial charge in [-0.3, -0.25) is 0 Å². The Labute approximate surface area is 121 Å². The van der Waals surface area contributed by atoms with Crippen molar-refractivity contribution in [3.63, 3.8) is 0 Å². The van der Waals surface area contributed by atoms with Gasteiger partial charge < -0.3 is 11.1 Å². The van der Waals surface area contributed by atoms with Gasteiger partial charge in [-0.25, -0.2) is 14.4 Å². The van der Waals surface area contributed by atoms with E-state index in [1.165, 1.54) is 12.4 Å². The van der Waals surface area contributed by atoms with Crippen LogP contribution in [0, 0.1) is 5.82 Å². The molecule has 5 heteroatoms. The van der Waals surface area contributed by atoms with Gasteiger partial charge in [-0.05, 0) is 36.2 Å². The van der Waals surface area contributed by atoms with Crippen molar-refractivity contribution in [2.45, 2.75) is 6.42 Å². The minimum Gasteiger partial charge on any atom is -0.399 e. The third kappa shape index (κ3) is 2.91. The maximum absolute atomic E-state index is 13.5. The molecule has 2 aromatic carbocycles. The van der Waals surface area contributed by atoms with Crippen LogP contribution in [-0.4, -0.2) is 16.5 Å². The number of fused-ring (bicyclic) bond motifs is 1. The highest BCUT2D eigenvalue weighted by Gasteiger charge is 2.04. The number of benzene rings is 2. The highest BCUT2D eigenvalue weighted by Crippen LogP contribution is 2.21. The zero-order valence-corrected chi connectivity index (χ0v) is 11.4. The van der Waals surface area contributed by atoms with Crippen molar-refractivity contribution in [3.8, 4) is 0 Å². The Hall–Kier alpha value is -2.69. The second-order valence-electron chi connectivity index (χ2n) is 4.77. The van der Waals surface area contributed by atoms with Crippen LogP contribution in [-0.2, 0) is 6.42 Å². The molecule has 1 aromatic heterocycles. The first-order chi connectivity index (χ1) is 10.2. The largest absolute Gasteiger partial charge is 0.399 e. The van der Waals surface area contributed by atoms with Crippen LogP contribution in [0.2, 0.25) is 0 Å². The van der Waals surface area contributed by atoms with E-state index in [-0.39, 0.29) is 5.82 Å². The number of nitrogens with two attached hydrogens (primary N) is 1. The summed E-state index contributed by atoms with van der Waals surface area (Å²) in [5, 5.41) is 4.13. The van der Waals surface area contributed by atoms with Gasteiger partial charge in [-0.2, -0.15) is 0 Å². The van der Waals surface area contributed by atoms with E-state index in [0.29, 0.717) is 24.2 Å². The van der Waals surface area contributed by atoms with Gasteiger partial charge in [0.1, 0.15) is 18.0 Å². The summed E-state index contributed by atoms with van der Waals surface area (Å²) in [6.07, 6.45) is 2.08. The standard InChI is InChI=1S/C16H15FN4/c17-14-4-2-1-3-11(14)7-8-19-16-13-6-5-12(18)9-15(13)20-10-21-16/h1-6,9-10H,7-8,18H2,(H,19,20,21). The topological polar surface area (TPSA) is 63.8 Å². The molecule has 0 bridgehead atoms. The highest BCUT2D eigenvalue weighted by atomic mass is 19.1. The Kier molecular flexibility index (Phi) is 3.64. The number of halogens is 1. The van der Waals surface area contributed by atoms with Crippen molar-refractivity contribution in [2.75, 3.05) is 17.6 Å². The molecule has 0 unspecified atom stereocenters. The van der Waals surface area contributed by atoms with Crippen LogP contribution in [0.15, 0.2) is 48.8 Å². The monoisotopic (exact) mass is 282 g/mol. The van der Waals surface area contributed by atoms with Gasteiger partial charge in [0.15, 0.2) is 0 Å². The third-order valence-electron chi connectivity index (χ3n) is 3.31. The van der Waals surface area contributed by atoms with Gasteiger partial charge in [-0.15, -0.1) is 0 Å². The Morgan fingerprint density at radius 3 is 2.81 bits per heavy atom. The number of rotatable bonds is 4.